The molecule has 176 valence electrons. The van der Waals surface area contributed by atoms with Crippen LogP contribution in [0.1, 0.15) is 47.0 Å². The maximum atomic E-state index is 15.2. The molecular weight excluding hydrogens is 483 g/mol. The maximum absolute atomic E-state index is 15.2. The summed E-state index contributed by atoms with van der Waals surface area (Å²) in [5.74, 6) is -6.78. The lowest BCUT2D eigenvalue weighted by atomic mass is 9.87. The van der Waals surface area contributed by atoms with Gasteiger partial charge in [-0.3, -0.25) is 0 Å². The highest BCUT2D eigenvalue weighted by atomic mass is 35.5. The third kappa shape index (κ3) is 3.87. The Morgan fingerprint density at radius 3 is 2.58 bits per heavy atom. The van der Waals surface area contributed by atoms with Crippen molar-refractivity contribution in [1.29, 1.82) is 0 Å². The molecule has 1 aromatic heterocycles. The van der Waals surface area contributed by atoms with Crippen LogP contribution in [-0.2, 0) is 15.9 Å². The number of rotatable bonds is 4. The lowest BCUT2D eigenvalue weighted by Gasteiger charge is -2.39. The van der Waals surface area contributed by atoms with Crippen LogP contribution in [0.25, 0.3) is 0 Å². The van der Waals surface area contributed by atoms with Gasteiger partial charge in [0.2, 0.25) is 15.9 Å². The second-order valence-electron chi connectivity index (χ2n) is 7.98. The van der Waals surface area contributed by atoms with Crippen molar-refractivity contribution in [3.63, 3.8) is 0 Å². The predicted octanol–water partition coefficient (Wildman–Crippen LogP) is 4.41. The lowest BCUT2D eigenvalue weighted by molar-refractivity contribution is -0.0384. The first kappa shape index (κ1) is 23.5. The van der Waals surface area contributed by atoms with Gasteiger partial charge in [0.15, 0.2) is 0 Å². The molecule has 0 fully saturated rings. The number of sulfonamides is 1. The van der Waals surface area contributed by atoms with Gasteiger partial charge in [-0.1, -0.05) is 24.6 Å². The molecule has 0 saturated carbocycles. The van der Waals surface area contributed by atoms with E-state index in [2.05, 4.69) is 5.10 Å². The Balaban J connectivity index is 1.96. The maximum Gasteiger partial charge on any atom is 0.434 e. The van der Waals surface area contributed by atoms with Crippen LogP contribution in [0.5, 0.6) is 0 Å². The van der Waals surface area contributed by atoms with Crippen LogP contribution in [0.3, 0.4) is 0 Å². The third-order valence-corrected chi connectivity index (χ3v) is 8.08. The molecular formula is C21H19ClF3N3O4S. The summed E-state index contributed by atoms with van der Waals surface area (Å²) >= 11 is 5.83. The number of alkyl halides is 2. The van der Waals surface area contributed by atoms with Crippen LogP contribution in [0.15, 0.2) is 44.4 Å². The van der Waals surface area contributed by atoms with Crippen LogP contribution >= 0.6 is 11.6 Å². The highest BCUT2D eigenvalue weighted by molar-refractivity contribution is 7.89. The van der Waals surface area contributed by atoms with Gasteiger partial charge >= 0.3 is 5.76 Å². The van der Waals surface area contributed by atoms with E-state index < -0.39 is 62.4 Å². The number of halogens is 4. The Morgan fingerprint density at radius 2 is 1.94 bits per heavy atom. The molecule has 33 heavy (non-hydrogen) atoms. The summed E-state index contributed by atoms with van der Waals surface area (Å²) in [4.78, 5) is 11.0. The third-order valence-electron chi connectivity index (χ3n) is 5.96. The van der Waals surface area contributed by atoms with Gasteiger partial charge in [-0.25, -0.2) is 22.7 Å². The Hall–Kier alpha value is -2.63. The lowest BCUT2D eigenvalue weighted by Crippen LogP contribution is -2.48. The first-order chi connectivity index (χ1) is 15.3. The van der Waals surface area contributed by atoms with Crippen molar-refractivity contribution in [2.45, 2.75) is 43.5 Å². The summed E-state index contributed by atoms with van der Waals surface area (Å²) < 4.78 is 77.8. The minimum atomic E-state index is -4.54. The monoisotopic (exact) mass is 501 g/mol. The van der Waals surface area contributed by atoms with Gasteiger partial charge in [-0.05, 0) is 54.8 Å². The average Bonchev–Trinajstić information content (AvgIpc) is 3.15. The average molecular weight is 502 g/mol. The quantitative estimate of drug-likeness (QED) is 0.571. The minimum Gasteiger partial charge on any atom is -0.391 e. The van der Waals surface area contributed by atoms with E-state index in [4.69, 9.17) is 16.0 Å². The second-order valence-corrected chi connectivity index (χ2v) is 10.3. The van der Waals surface area contributed by atoms with Gasteiger partial charge in [0.05, 0.1) is 11.4 Å². The van der Waals surface area contributed by atoms with E-state index in [1.807, 2.05) is 5.10 Å². The Labute approximate surface area is 192 Å². The molecule has 1 aliphatic rings. The molecule has 2 heterocycles. The van der Waals surface area contributed by atoms with E-state index >= 15 is 8.78 Å². The van der Waals surface area contributed by atoms with Crippen LogP contribution < -0.4 is 5.76 Å². The zero-order valence-corrected chi connectivity index (χ0v) is 19.3. The summed E-state index contributed by atoms with van der Waals surface area (Å²) in [6, 6.07) is 4.31. The Kier molecular flexibility index (Phi) is 5.70. The number of aryl methyl sites for hydroxylation is 1. The number of nitrogens with one attached hydrogen (secondary N) is 1. The van der Waals surface area contributed by atoms with E-state index in [1.165, 1.54) is 19.1 Å². The highest BCUT2D eigenvalue weighted by Gasteiger charge is 2.52. The Bertz CT molecular complexity index is 1400. The van der Waals surface area contributed by atoms with E-state index in [0.29, 0.717) is 15.4 Å². The smallest absolute Gasteiger partial charge is 0.391 e. The largest absolute Gasteiger partial charge is 0.434 e. The van der Waals surface area contributed by atoms with Gasteiger partial charge in [0.1, 0.15) is 11.9 Å². The van der Waals surface area contributed by atoms with Crippen LogP contribution in [0, 0.1) is 19.7 Å². The van der Waals surface area contributed by atoms with Gasteiger partial charge in [-0.2, -0.15) is 13.1 Å². The SMILES string of the molecule is Cc1ccc(F)c([C@@H](C)[C@@H](c2n[nH]c(=O)o2)N2CC(F)(F)c3cc(Cl)ccc3S2(=O)=O)c1C. The zero-order valence-electron chi connectivity index (χ0n) is 17.7. The summed E-state index contributed by atoms with van der Waals surface area (Å²) in [7, 11) is -4.54. The molecule has 2 aromatic carbocycles. The molecule has 7 nitrogen and oxygen atoms in total. The Morgan fingerprint density at radius 1 is 1.24 bits per heavy atom. The molecule has 0 bridgehead atoms. The van der Waals surface area contributed by atoms with Gasteiger partial charge in [0, 0.05) is 16.5 Å². The fourth-order valence-corrected chi connectivity index (χ4v) is 6.28. The van der Waals surface area contributed by atoms with Crippen LogP contribution in [0.4, 0.5) is 13.2 Å². The summed E-state index contributed by atoms with van der Waals surface area (Å²) in [6.45, 7) is 3.56. The molecule has 1 aliphatic heterocycles. The number of H-pyrrole nitrogens is 1. The van der Waals surface area contributed by atoms with Crippen molar-refractivity contribution in [2.75, 3.05) is 6.54 Å². The first-order valence-electron chi connectivity index (χ1n) is 9.85. The van der Waals surface area contributed by atoms with Crippen molar-refractivity contribution < 1.29 is 26.0 Å². The topological polar surface area (TPSA) is 96.3 Å². The van der Waals surface area contributed by atoms with Crippen molar-refractivity contribution in [3.8, 4) is 0 Å². The number of benzene rings is 2. The molecule has 1 N–H and O–H groups in total. The number of aromatic amines is 1. The molecule has 0 spiro atoms. The summed E-state index contributed by atoms with van der Waals surface area (Å²) in [6.07, 6.45) is 0. The number of hydrogen-bond acceptors (Lipinski definition) is 5. The minimum absolute atomic E-state index is 0.0438. The molecule has 4 rings (SSSR count). The molecule has 0 aliphatic carbocycles. The number of aromatic nitrogens is 2. The van der Waals surface area contributed by atoms with Crippen LogP contribution in [-0.4, -0.2) is 29.5 Å². The molecule has 0 radical (unpaired) electrons. The fraction of sp³-hybridized carbons (Fsp3) is 0.333. The standard InChI is InChI=1S/C21H19ClF3N3O4S/c1-10-4-6-15(23)17(11(10)2)12(3)18(19-26-27-20(29)32-19)28-9-21(24,25)14-8-13(22)5-7-16(14)33(28,30)31/h4-8,12,18H,9H2,1-3H3,(H,27,29)/t12-,18+/m1/s1. The molecule has 3 aromatic rings. The van der Waals surface area contributed by atoms with Crippen LogP contribution in [0.2, 0.25) is 5.02 Å². The molecule has 2 atom stereocenters. The molecule has 0 saturated heterocycles. The van der Waals surface area contributed by atoms with E-state index in [0.717, 1.165) is 12.1 Å². The summed E-state index contributed by atoms with van der Waals surface area (Å²) in [5, 5.41) is 5.68. The fourth-order valence-electron chi connectivity index (χ4n) is 4.23. The molecule has 0 unspecified atom stereocenters. The van der Waals surface area contributed by atoms with Crippen molar-refractivity contribution >= 4 is 21.6 Å². The van der Waals surface area contributed by atoms with E-state index in [1.54, 1.807) is 19.9 Å². The van der Waals surface area contributed by atoms with Gasteiger partial charge in [-0.15, -0.1) is 5.10 Å². The first-order valence-corrected chi connectivity index (χ1v) is 11.7. The van der Waals surface area contributed by atoms with Crippen molar-refractivity contribution in [1.82, 2.24) is 14.5 Å². The number of fused-ring (bicyclic) bond motifs is 1. The van der Waals surface area contributed by atoms with E-state index in [-0.39, 0.29) is 10.6 Å². The number of hydrogen-bond donors (Lipinski definition) is 1. The normalized spacial score (nSPS) is 19.1. The highest BCUT2D eigenvalue weighted by Crippen LogP contribution is 2.48. The molecule has 12 heteroatoms. The van der Waals surface area contributed by atoms with Crippen molar-refractivity contribution in [3.05, 3.63) is 79.9 Å². The van der Waals surface area contributed by atoms with Gasteiger partial charge < -0.3 is 4.42 Å². The number of nitrogens with zero attached hydrogens (tertiary/aromatic N) is 2. The van der Waals surface area contributed by atoms with Crippen molar-refractivity contribution in [2.24, 2.45) is 0 Å². The predicted molar refractivity (Wildman–Crippen MR) is 113 cm³/mol. The van der Waals surface area contributed by atoms with E-state index in [9.17, 15) is 17.6 Å². The van der Waals surface area contributed by atoms with Gasteiger partial charge in [0.25, 0.3) is 5.92 Å². The zero-order chi connectivity index (χ0) is 24.3. The summed E-state index contributed by atoms with van der Waals surface area (Å²) in [5.41, 5.74) is 0.594. The molecule has 0 amide bonds. The second kappa shape index (κ2) is 8.00.